The van der Waals surface area contributed by atoms with Crippen LogP contribution in [0.5, 0.6) is 11.6 Å². The van der Waals surface area contributed by atoms with Gasteiger partial charge in [-0.3, -0.25) is 0 Å². The molecule has 8 nitrogen and oxygen atoms in total. The van der Waals surface area contributed by atoms with E-state index in [9.17, 15) is 8.78 Å². The molecule has 0 fully saturated rings. The Balaban J connectivity index is 1.41. The Kier molecular flexibility index (Phi) is 6.26. The third kappa shape index (κ3) is 4.77. The van der Waals surface area contributed by atoms with E-state index in [1.807, 2.05) is 52.7 Å². The number of ether oxygens (including phenoxy) is 2. The molecule has 35 heavy (non-hydrogen) atoms. The van der Waals surface area contributed by atoms with E-state index in [2.05, 4.69) is 15.1 Å². The molecular formula is C25H24F2N6O2. The lowest BCUT2D eigenvalue weighted by Gasteiger charge is -2.24. The molecule has 0 N–H and O–H groups in total. The Morgan fingerprint density at radius 1 is 1.11 bits per heavy atom. The number of pyridine rings is 1. The van der Waals surface area contributed by atoms with Gasteiger partial charge in [0, 0.05) is 24.2 Å². The smallest absolute Gasteiger partial charge is 0.387 e. The highest BCUT2D eigenvalue weighted by Crippen LogP contribution is 2.37. The largest absolute Gasteiger partial charge is 0.479 e. The first-order chi connectivity index (χ1) is 17.0. The molecule has 180 valence electrons. The molecule has 0 amide bonds. The van der Waals surface area contributed by atoms with Gasteiger partial charge in [-0.05, 0) is 50.1 Å². The second-order valence-corrected chi connectivity index (χ2v) is 8.18. The summed E-state index contributed by atoms with van der Waals surface area (Å²) in [4.78, 5) is 13.5. The van der Waals surface area contributed by atoms with Crippen LogP contribution in [0.1, 0.15) is 47.4 Å². The number of fused-ring (bicyclic) bond motifs is 1. The summed E-state index contributed by atoms with van der Waals surface area (Å²) in [6.45, 7) is -0.250. The van der Waals surface area contributed by atoms with Gasteiger partial charge in [-0.1, -0.05) is 18.2 Å². The highest BCUT2D eigenvalue weighted by atomic mass is 19.3. The molecule has 1 aromatic carbocycles. The van der Waals surface area contributed by atoms with Gasteiger partial charge >= 0.3 is 6.61 Å². The molecule has 1 aliphatic rings. The number of methoxy groups -OCH3 is 1. The van der Waals surface area contributed by atoms with E-state index in [4.69, 9.17) is 14.5 Å². The average Bonchev–Trinajstić information content (AvgIpc) is 3.48. The van der Waals surface area contributed by atoms with Crippen molar-refractivity contribution in [1.82, 2.24) is 29.3 Å². The van der Waals surface area contributed by atoms with Crippen LogP contribution in [0.25, 0.3) is 17.8 Å². The molecule has 10 heteroatoms. The molecule has 5 rings (SSSR count). The summed E-state index contributed by atoms with van der Waals surface area (Å²) in [7, 11) is 1.57. The summed E-state index contributed by atoms with van der Waals surface area (Å²) in [5, 5.41) is 4.60. The zero-order valence-corrected chi connectivity index (χ0v) is 19.3. The SMILES string of the molecule is COc1nc(/C=C/c2nc3n(n2)CCCC3c2ccccc2OC(F)F)ccc1-n1cnc(C)c1. The highest BCUT2D eigenvalue weighted by Gasteiger charge is 2.28. The molecule has 0 bridgehead atoms. The number of alkyl halides is 2. The molecule has 4 heterocycles. The minimum Gasteiger partial charge on any atom is -0.479 e. The number of nitrogens with zero attached hydrogens (tertiary/aromatic N) is 6. The van der Waals surface area contributed by atoms with Crippen LogP contribution in [0.4, 0.5) is 8.78 Å². The highest BCUT2D eigenvalue weighted by molar-refractivity contribution is 5.65. The summed E-state index contributed by atoms with van der Waals surface area (Å²) in [6.07, 6.45) is 8.85. The lowest BCUT2D eigenvalue weighted by Crippen LogP contribution is -2.19. The Bertz CT molecular complexity index is 1360. The first kappa shape index (κ1) is 22.7. The van der Waals surface area contributed by atoms with Crippen molar-refractivity contribution in [3.8, 4) is 17.3 Å². The fourth-order valence-electron chi connectivity index (χ4n) is 4.31. The normalized spacial score (nSPS) is 15.5. The molecule has 0 saturated carbocycles. The van der Waals surface area contributed by atoms with E-state index >= 15 is 0 Å². The zero-order chi connectivity index (χ0) is 24.4. The summed E-state index contributed by atoms with van der Waals surface area (Å²) in [5.41, 5.74) is 3.05. The number of hydrogen-bond acceptors (Lipinski definition) is 6. The van der Waals surface area contributed by atoms with Gasteiger partial charge < -0.3 is 14.0 Å². The predicted molar refractivity (Wildman–Crippen MR) is 126 cm³/mol. The number of para-hydroxylation sites is 1. The van der Waals surface area contributed by atoms with Crippen molar-refractivity contribution < 1.29 is 18.3 Å². The van der Waals surface area contributed by atoms with Crippen LogP contribution >= 0.6 is 0 Å². The van der Waals surface area contributed by atoms with Crippen molar-refractivity contribution in [3.05, 3.63) is 77.5 Å². The Morgan fingerprint density at radius 2 is 1.97 bits per heavy atom. The van der Waals surface area contributed by atoms with E-state index in [0.717, 1.165) is 36.6 Å². The van der Waals surface area contributed by atoms with E-state index in [0.29, 0.717) is 23.0 Å². The van der Waals surface area contributed by atoms with Crippen molar-refractivity contribution in [2.45, 2.75) is 38.8 Å². The van der Waals surface area contributed by atoms with Gasteiger partial charge in [-0.15, -0.1) is 0 Å². The molecule has 1 atom stereocenters. The fraction of sp³-hybridized carbons (Fsp3) is 0.280. The second kappa shape index (κ2) is 9.65. The molecule has 3 aromatic heterocycles. The lowest BCUT2D eigenvalue weighted by atomic mass is 9.90. The van der Waals surface area contributed by atoms with Crippen LogP contribution in [0.15, 0.2) is 48.9 Å². The summed E-state index contributed by atoms with van der Waals surface area (Å²) >= 11 is 0. The Hall–Kier alpha value is -4.08. The van der Waals surface area contributed by atoms with Crippen LogP contribution in [-0.2, 0) is 6.54 Å². The second-order valence-electron chi connectivity index (χ2n) is 8.18. The first-order valence-electron chi connectivity index (χ1n) is 11.2. The predicted octanol–water partition coefficient (Wildman–Crippen LogP) is 4.87. The van der Waals surface area contributed by atoms with Crippen LogP contribution in [0.3, 0.4) is 0 Å². The number of rotatable bonds is 7. The Morgan fingerprint density at radius 3 is 2.74 bits per heavy atom. The summed E-state index contributed by atoms with van der Waals surface area (Å²) < 4.78 is 39.8. The maximum atomic E-state index is 12.9. The van der Waals surface area contributed by atoms with Crippen molar-refractivity contribution >= 4 is 12.2 Å². The van der Waals surface area contributed by atoms with Gasteiger partial charge in [0.2, 0.25) is 5.88 Å². The number of aryl methyl sites for hydroxylation is 2. The molecule has 0 aliphatic carbocycles. The zero-order valence-electron chi connectivity index (χ0n) is 19.3. The maximum absolute atomic E-state index is 12.9. The van der Waals surface area contributed by atoms with E-state index in [1.54, 1.807) is 31.6 Å². The van der Waals surface area contributed by atoms with Crippen molar-refractivity contribution in [3.63, 3.8) is 0 Å². The van der Waals surface area contributed by atoms with Gasteiger partial charge in [-0.25, -0.2) is 19.6 Å². The third-order valence-electron chi connectivity index (χ3n) is 5.85. The summed E-state index contributed by atoms with van der Waals surface area (Å²) in [6, 6.07) is 10.7. The topological polar surface area (TPSA) is 79.9 Å². The number of aromatic nitrogens is 6. The van der Waals surface area contributed by atoms with Gasteiger partial charge in [0.05, 0.1) is 24.8 Å². The standard InChI is InChI=1S/C25H24F2N6O2/c1-16-14-32(15-28-16)20-11-9-17(29-24(20)34-2)10-12-22-30-23-19(7-5-13-33(23)31-22)18-6-3-4-8-21(18)35-25(26)27/h3-4,6,8-12,14-15,19,25H,5,7,13H2,1-2H3/b12-10+. The van der Waals surface area contributed by atoms with Crippen LogP contribution in [-0.4, -0.2) is 43.0 Å². The Labute approximate surface area is 200 Å². The van der Waals surface area contributed by atoms with E-state index < -0.39 is 6.61 Å². The van der Waals surface area contributed by atoms with Gasteiger partial charge in [0.15, 0.2) is 5.82 Å². The monoisotopic (exact) mass is 478 g/mol. The molecular weight excluding hydrogens is 454 g/mol. The number of hydrogen-bond donors (Lipinski definition) is 0. The number of imidazole rings is 1. The van der Waals surface area contributed by atoms with E-state index in [-0.39, 0.29) is 11.7 Å². The molecule has 4 aromatic rings. The van der Waals surface area contributed by atoms with Crippen LogP contribution < -0.4 is 9.47 Å². The lowest BCUT2D eigenvalue weighted by molar-refractivity contribution is -0.0506. The number of benzene rings is 1. The quantitative estimate of drug-likeness (QED) is 0.377. The van der Waals surface area contributed by atoms with Crippen LogP contribution in [0.2, 0.25) is 0 Å². The average molecular weight is 479 g/mol. The molecule has 0 radical (unpaired) electrons. The van der Waals surface area contributed by atoms with Gasteiger partial charge in [0.1, 0.15) is 17.3 Å². The minimum atomic E-state index is -2.88. The molecule has 0 spiro atoms. The van der Waals surface area contributed by atoms with Crippen molar-refractivity contribution in [2.75, 3.05) is 7.11 Å². The molecule has 1 aliphatic heterocycles. The fourth-order valence-corrected chi connectivity index (χ4v) is 4.31. The number of halogens is 2. The first-order valence-corrected chi connectivity index (χ1v) is 11.2. The molecule has 1 unspecified atom stereocenters. The van der Waals surface area contributed by atoms with Crippen LogP contribution in [0, 0.1) is 6.92 Å². The van der Waals surface area contributed by atoms with Crippen molar-refractivity contribution in [2.24, 2.45) is 0 Å². The third-order valence-corrected chi connectivity index (χ3v) is 5.85. The van der Waals surface area contributed by atoms with Gasteiger partial charge in [0.25, 0.3) is 0 Å². The summed E-state index contributed by atoms with van der Waals surface area (Å²) in [5.74, 6) is 1.72. The van der Waals surface area contributed by atoms with E-state index in [1.165, 1.54) is 0 Å². The minimum absolute atomic E-state index is 0.172. The molecule has 0 saturated heterocycles. The maximum Gasteiger partial charge on any atom is 0.387 e. The van der Waals surface area contributed by atoms with Crippen molar-refractivity contribution in [1.29, 1.82) is 0 Å². The van der Waals surface area contributed by atoms with Gasteiger partial charge in [-0.2, -0.15) is 13.9 Å².